The van der Waals surface area contributed by atoms with E-state index >= 15 is 0 Å². The van der Waals surface area contributed by atoms with Gasteiger partial charge in [0.05, 0.1) is 21.7 Å². The van der Waals surface area contributed by atoms with Crippen LogP contribution in [0.5, 0.6) is 0 Å². The minimum absolute atomic E-state index is 0.0494. The van der Waals surface area contributed by atoms with Gasteiger partial charge < -0.3 is 14.9 Å². The number of amides is 1. The van der Waals surface area contributed by atoms with Crippen molar-refractivity contribution in [3.8, 4) is 0 Å². The van der Waals surface area contributed by atoms with Crippen LogP contribution in [0.4, 0.5) is 0 Å². The molecule has 1 heterocycles. The number of hydrogen-bond donors (Lipinski definition) is 1. The Bertz CT molecular complexity index is 942. The fourth-order valence-electron chi connectivity index (χ4n) is 3.20. The highest BCUT2D eigenvalue weighted by molar-refractivity contribution is 6.46. The van der Waals surface area contributed by atoms with Gasteiger partial charge in [0.25, 0.3) is 11.7 Å². The standard InChI is InChI=1S/C21H20Cl2N2O3/c1-24(2)10-11-25-18(13-6-4-3-5-7-13)17(20(27)21(25)28)19(26)14-8-9-15(22)16(23)12-14/h3-9,12,18,26H,10-11H2,1-2H3/b19-17-. The minimum atomic E-state index is -0.712. The predicted octanol–water partition coefficient (Wildman–Crippen LogP) is 3.98. The van der Waals surface area contributed by atoms with Gasteiger partial charge in [-0.05, 0) is 37.9 Å². The summed E-state index contributed by atoms with van der Waals surface area (Å²) >= 11 is 12.0. The van der Waals surface area contributed by atoms with E-state index in [1.807, 2.05) is 49.3 Å². The Hall–Kier alpha value is -2.34. The molecular formula is C21H20Cl2N2O3. The Kier molecular flexibility index (Phi) is 6.08. The molecule has 0 spiro atoms. The van der Waals surface area contributed by atoms with Crippen molar-refractivity contribution < 1.29 is 14.7 Å². The highest BCUT2D eigenvalue weighted by Crippen LogP contribution is 2.39. The maximum atomic E-state index is 12.8. The molecule has 0 saturated carbocycles. The van der Waals surface area contributed by atoms with Crippen molar-refractivity contribution >= 4 is 40.7 Å². The van der Waals surface area contributed by atoms with Crippen LogP contribution in [0.1, 0.15) is 17.2 Å². The summed E-state index contributed by atoms with van der Waals surface area (Å²) in [5, 5.41) is 11.5. The number of Topliss-reactive ketones (excluding diaryl/α,β-unsaturated/α-hetero) is 1. The molecule has 0 bridgehead atoms. The smallest absolute Gasteiger partial charge is 0.295 e. The average molecular weight is 419 g/mol. The number of likely N-dealkylation sites (N-methyl/N-ethyl adjacent to an activating group) is 1. The Morgan fingerprint density at radius 1 is 1.07 bits per heavy atom. The molecule has 2 aromatic carbocycles. The molecule has 1 atom stereocenters. The molecule has 28 heavy (non-hydrogen) atoms. The van der Waals surface area contributed by atoms with Gasteiger partial charge in [-0.2, -0.15) is 0 Å². The summed E-state index contributed by atoms with van der Waals surface area (Å²) in [4.78, 5) is 29.0. The second kappa shape index (κ2) is 8.35. The summed E-state index contributed by atoms with van der Waals surface area (Å²) in [5.41, 5.74) is 1.14. The van der Waals surface area contributed by atoms with E-state index in [1.165, 1.54) is 11.0 Å². The topological polar surface area (TPSA) is 60.9 Å². The van der Waals surface area contributed by atoms with Crippen LogP contribution >= 0.6 is 23.2 Å². The Morgan fingerprint density at radius 2 is 1.75 bits per heavy atom. The van der Waals surface area contributed by atoms with Crippen molar-refractivity contribution in [3.05, 3.63) is 75.3 Å². The third-order valence-electron chi connectivity index (χ3n) is 4.64. The minimum Gasteiger partial charge on any atom is -0.507 e. The molecule has 1 fully saturated rings. The van der Waals surface area contributed by atoms with Crippen molar-refractivity contribution in [2.45, 2.75) is 6.04 Å². The molecule has 0 aliphatic carbocycles. The van der Waals surface area contributed by atoms with Crippen LogP contribution < -0.4 is 0 Å². The van der Waals surface area contributed by atoms with Crippen LogP contribution in [-0.4, -0.2) is 53.8 Å². The molecule has 1 aliphatic heterocycles. The molecule has 1 amide bonds. The van der Waals surface area contributed by atoms with Gasteiger partial charge >= 0.3 is 0 Å². The monoisotopic (exact) mass is 418 g/mol. The average Bonchev–Trinajstić information content (AvgIpc) is 2.93. The molecule has 1 saturated heterocycles. The third-order valence-corrected chi connectivity index (χ3v) is 5.38. The van der Waals surface area contributed by atoms with Crippen LogP contribution in [0.3, 0.4) is 0 Å². The van der Waals surface area contributed by atoms with E-state index in [0.29, 0.717) is 23.7 Å². The first-order valence-electron chi connectivity index (χ1n) is 8.74. The number of hydrogen-bond acceptors (Lipinski definition) is 4. The summed E-state index contributed by atoms with van der Waals surface area (Å²) in [6.07, 6.45) is 0. The maximum absolute atomic E-state index is 12.8. The number of carbonyl (C=O) groups is 2. The fraction of sp³-hybridized carbons (Fsp3) is 0.238. The van der Waals surface area contributed by atoms with Crippen LogP contribution in [0.2, 0.25) is 10.0 Å². The summed E-state index contributed by atoms with van der Waals surface area (Å²) < 4.78 is 0. The quantitative estimate of drug-likeness (QED) is 0.453. The molecule has 7 heteroatoms. The number of aliphatic hydroxyl groups is 1. The van der Waals surface area contributed by atoms with Gasteiger partial charge in [0.1, 0.15) is 5.76 Å². The molecule has 3 rings (SSSR count). The molecule has 5 nitrogen and oxygen atoms in total. The summed E-state index contributed by atoms with van der Waals surface area (Å²) in [5.74, 6) is -1.60. The number of ketones is 1. The van der Waals surface area contributed by atoms with Gasteiger partial charge in [-0.25, -0.2) is 0 Å². The van der Waals surface area contributed by atoms with Crippen LogP contribution in [0, 0.1) is 0 Å². The molecule has 0 aromatic heterocycles. The largest absolute Gasteiger partial charge is 0.507 e. The first kappa shape index (κ1) is 20.4. The van der Waals surface area contributed by atoms with E-state index in [2.05, 4.69) is 0 Å². The molecule has 1 unspecified atom stereocenters. The number of likely N-dealkylation sites (tertiary alicyclic amines) is 1. The van der Waals surface area contributed by atoms with Gasteiger partial charge in [0.15, 0.2) is 0 Å². The van der Waals surface area contributed by atoms with Gasteiger partial charge in [-0.15, -0.1) is 0 Å². The molecular weight excluding hydrogens is 399 g/mol. The number of carbonyl (C=O) groups excluding carboxylic acids is 2. The molecule has 1 N–H and O–H groups in total. The van der Waals surface area contributed by atoms with E-state index in [9.17, 15) is 14.7 Å². The van der Waals surface area contributed by atoms with Crippen molar-refractivity contribution in [2.24, 2.45) is 0 Å². The lowest BCUT2D eigenvalue weighted by atomic mass is 9.95. The number of rotatable bonds is 5. The highest BCUT2D eigenvalue weighted by atomic mass is 35.5. The number of aliphatic hydroxyl groups excluding tert-OH is 1. The van der Waals surface area contributed by atoms with Crippen molar-refractivity contribution in [2.75, 3.05) is 27.2 Å². The van der Waals surface area contributed by atoms with Crippen molar-refractivity contribution in [1.29, 1.82) is 0 Å². The maximum Gasteiger partial charge on any atom is 0.295 e. The van der Waals surface area contributed by atoms with Crippen LogP contribution in [0.25, 0.3) is 5.76 Å². The summed E-state index contributed by atoms with van der Waals surface area (Å²) in [6, 6.07) is 13.1. The van der Waals surface area contributed by atoms with Crippen LogP contribution in [-0.2, 0) is 9.59 Å². The van der Waals surface area contributed by atoms with Gasteiger partial charge in [0.2, 0.25) is 0 Å². The van der Waals surface area contributed by atoms with Crippen molar-refractivity contribution in [3.63, 3.8) is 0 Å². The normalized spacial score (nSPS) is 18.9. The first-order valence-corrected chi connectivity index (χ1v) is 9.50. The van der Waals surface area contributed by atoms with E-state index in [1.54, 1.807) is 12.1 Å². The number of halogens is 2. The number of benzene rings is 2. The summed E-state index contributed by atoms with van der Waals surface area (Å²) in [6.45, 7) is 0.943. The van der Waals surface area contributed by atoms with E-state index in [0.717, 1.165) is 5.56 Å². The van der Waals surface area contributed by atoms with Crippen molar-refractivity contribution in [1.82, 2.24) is 9.80 Å². The first-order chi connectivity index (χ1) is 13.3. The Morgan fingerprint density at radius 3 is 2.36 bits per heavy atom. The van der Waals surface area contributed by atoms with E-state index in [4.69, 9.17) is 23.2 Å². The lowest BCUT2D eigenvalue weighted by molar-refractivity contribution is -0.140. The lowest BCUT2D eigenvalue weighted by Crippen LogP contribution is -2.35. The lowest BCUT2D eigenvalue weighted by Gasteiger charge is -2.26. The predicted molar refractivity (Wildman–Crippen MR) is 110 cm³/mol. The van der Waals surface area contributed by atoms with Crippen LogP contribution in [0.15, 0.2) is 54.1 Å². The fourth-order valence-corrected chi connectivity index (χ4v) is 3.50. The molecule has 1 aliphatic rings. The van der Waals surface area contributed by atoms with E-state index in [-0.39, 0.29) is 16.4 Å². The summed E-state index contributed by atoms with van der Waals surface area (Å²) in [7, 11) is 3.79. The SMILES string of the molecule is CN(C)CCN1C(=O)C(=O)/C(=C(\O)c2ccc(Cl)c(Cl)c2)C1c1ccccc1. The third kappa shape index (κ3) is 3.92. The second-order valence-corrected chi connectivity index (χ2v) is 7.65. The molecule has 2 aromatic rings. The van der Waals surface area contributed by atoms with E-state index < -0.39 is 17.7 Å². The van der Waals surface area contributed by atoms with Gasteiger partial charge in [-0.1, -0.05) is 53.5 Å². The zero-order valence-electron chi connectivity index (χ0n) is 15.5. The number of nitrogens with zero attached hydrogens (tertiary/aromatic N) is 2. The molecule has 0 radical (unpaired) electrons. The molecule has 146 valence electrons. The zero-order valence-corrected chi connectivity index (χ0v) is 17.0. The highest BCUT2D eigenvalue weighted by Gasteiger charge is 2.45. The second-order valence-electron chi connectivity index (χ2n) is 6.84. The van der Waals surface area contributed by atoms with Gasteiger partial charge in [0, 0.05) is 18.7 Å². The Labute approximate surface area is 173 Å². The Balaban J connectivity index is 2.14. The van der Waals surface area contributed by atoms with Gasteiger partial charge in [-0.3, -0.25) is 9.59 Å². The zero-order chi connectivity index (χ0) is 20.4.